The molecule has 1 aliphatic heterocycles. The molecule has 0 bridgehead atoms. The van der Waals surface area contributed by atoms with E-state index in [1.165, 1.54) is 25.7 Å². The molecule has 2 nitrogen and oxygen atoms in total. The molecule has 1 saturated carbocycles. The summed E-state index contributed by atoms with van der Waals surface area (Å²) >= 11 is 0. The molecule has 0 radical (unpaired) electrons. The Morgan fingerprint density at radius 2 is 2.00 bits per heavy atom. The molecule has 2 rings (SSSR count). The third kappa shape index (κ3) is 1.39. The molecule has 11 heavy (non-hydrogen) atoms. The second-order valence-corrected chi connectivity index (χ2v) is 3.76. The largest absolute Gasteiger partial charge is 0.353 e. The summed E-state index contributed by atoms with van der Waals surface area (Å²) in [7, 11) is 0. The van der Waals surface area contributed by atoms with Gasteiger partial charge in [0, 0.05) is 12.5 Å². The minimum absolute atomic E-state index is 0.271. The Balaban J connectivity index is 1.98. The summed E-state index contributed by atoms with van der Waals surface area (Å²) < 4.78 is 0. The van der Waals surface area contributed by atoms with Crippen LogP contribution in [0.3, 0.4) is 0 Å². The van der Waals surface area contributed by atoms with E-state index in [-0.39, 0.29) is 5.91 Å². The molecular formula is C9H15NO. The summed E-state index contributed by atoms with van der Waals surface area (Å²) in [4.78, 5) is 11.0. The first-order valence-electron chi connectivity index (χ1n) is 4.65. The Hall–Kier alpha value is -0.530. The summed E-state index contributed by atoms with van der Waals surface area (Å²) in [5.74, 6) is 1.08. The van der Waals surface area contributed by atoms with Gasteiger partial charge in [-0.15, -0.1) is 0 Å². The summed E-state index contributed by atoms with van der Waals surface area (Å²) in [6.07, 6.45) is 7.14. The van der Waals surface area contributed by atoms with E-state index >= 15 is 0 Å². The van der Waals surface area contributed by atoms with E-state index in [1.54, 1.807) is 0 Å². The van der Waals surface area contributed by atoms with Crippen molar-refractivity contribution >= 4 is 5.91 Å². The van der Waals surface area contributed by atoms with Gasteiger partial charge in [0.2, 0.25) is 5.91 Å². The smallest absolute Gasteiger partial charge is 0.220 e. The van der Waals surface area contributed by atoms with E-state index in [4.69, 9.17) is 0 Å². The van der Waals surface area contributed by atoms with Gasteiger partial charge in [-0.3, -0.25) is 4.79 Å². The van der Waals surface area contributed by atoms with E-state index in [2.05, 4.69) is 5.32 Å². The average molecular weight is 153 g/mol. The van der Waals surface area contributed by atoms with E-state index in [0.717, 1.165) is 18.8 Å². The van der Waals surface area contributed by atoms with E-state index in [1.807, 2.05) is 0 Å². The SMILES string of the molecule is O=C1CC[C@@H]2CCCC[C@@H]2N1. The Labute approximate surface area is 67.4 Å². The van der Waals surface area contributed by atoms with Gasteiger partial charge < -0.3 is 5.32 Å². The molecule has 2 aliphatic rings. The van der Waals surface area contributed by atoms with Crippen LogP contribution in [0, 0.1) is 5.92 Å². The lowest BCUT2D eigenvalue weighted by atomic mass is 9.79. The van der Waals surface area contributed by atoms with Gasteiger partial charge in [0.1, 0.15) is 0 Å². The molecule has 1 aliphatic carbocycles. The van der Waals surface area contributed by atoms with Crippen molar-refractivity contribution in [3.8, 4) is 0 Å². The fourth-order valence-corrected chi connectivity index (χ4v) is 2.34. The Morgan fingerprint density at radius 3 is 2.91 bits per heavy atom. The minimum atomic E-state index is 0.271. The number of hydrogen-bond acceptors (Lipinski definition) is 1. The number of hydrogen-bond donors (Lipinski definition) is 1. The standard InChI is InChI=1S/C9H15NO/c11-9-6-5-7-3-1-2-4-8(7)10-9/h7-8H,1-6H2,(H,10,11)/t7-,8-/m0/s1. The number of fused-ring (bicyclic) bond motifs is 1. The highest BCUT2D eigenvalue weighted by atomic mass is 16.1. The lowest BCUT2D eigenvalue weighted by molar-refractivity contribution is -0.124. The number of piperidine rings is 1. The fourth-order valence-electron chi connectivity index (χ4n) is 2.34. The highest BCUT2D eigenvalue weighted by molar-refractivity contribution is 5.77. The maximum absolute atomic E-state index is 11.0. The molecule has 1 amide bonds. The molecule has 1 saturated heterocycles. The zero-order valence-corrected chi connectivity index (χ0v) is 6.81. The first-order chi connectivity index (χ1) is 5.36. The zero-order valence-electron chi connectivity index (χ0n) is 6.81. The first kappa shape index (κ1) is 7.14. The third-order valence-corrected chi connectivity index (χ3v) is 3.00. The van der Waals surface area contributed by atoms with Gasteiger partial charge in [0.25, 0.3) is 0 Å². The number of rotatable bonds is 0. The van der Waals surface area contributed by atoms with Crippen molar-refractivity contribution < 1.29 is 4.79 Å². The van der Waals surface area contributed by atoms with Gasteiger partial charge in [-0.05, 0) is 25.2 Å². The highest BCUT2D eigenvalue weighted by Crippen LogP contribution is 2.30. The van der Waals surface area contributed by atoms with Gasteiger partial charge in [-0.25, -0.2) is 0 Å². The molecule has 62 valence electrons. The highest BCUT2D eigenvalue weighted by Gasteiger charge is 2.30. The molecule has 2 heteroatoms. The van der Waals surface area contributed by atoms with Crippen LogP contribution in [0.25, 0.3) is 0 Å². The number of carbonyl (C=O) groups excluding carboxylic acids is 1. The van der Waals surface area contributed by atoms with Gasteiger partial charge >= 0.3 is 0 Å². The van der Waals surface area contributed by atoms with Crippen LogP contribution in [0.15, 0.2) is 0 Å². The van der Waals surface area contributed by atoms with Crippen molar-refractivity contribution in [2.75, 3.05) is 0 Å². The summed E-state index contributed by atoms with van der Waals surface area (Å²) in [6.45, 7) is 0. The van der Waals surface area contributed by atoms with Crippen molar-refractivity contribution in [1.29, 1.82) is 0 Å². The molecule has 0 aromatic carbocycles. The molecule has 1 heterocycles. The average Bonchev–Trinajstić information content (AvgIpc) is 2.04. The molecule has 1 N–H and O–H groups in total. The maximum atomic E-state index is 11.0. The molecule has 2 atom stereocenters. The normalized spacial score (nSPS) is 37.6. The van der Waals surface area contributed by atoms with Crippen LogP contribution in [0.1, 0.15) is 38.5 Å². The predicted octanol–water partition coefficient (Wildman–Crippen LogP) is 1.46. The number of carbonyl (C=O) groups is 1. The lowest BCUT2D eigenvalue weighted by Crippen LogP contribution is -2.46. The van der Waals surface area contributed by atoms with Crippen LogP contribution in [0.5, 0.6) is 0 Å². The lowest BCUT2D eigenvalue weighted by Gasteiger charge is -2.35. The molecule has 0 aromatic heterocycles. The van der Waals surface area contributed by atoms with Crippen LogP contribution in [0.4, 0.5) is 0 Å². The van der Waals surface area contributed by atoms with Crippen molar-refractivity contribution in [2.24, 2.45) is 5.92 Å². The molecular weight excluding hydrogens is 138 g/mol. The number of amides is 1. The van der Waals surface area contributed by atoms with Gasteiger partial charge in [-0.1, -0.05) is 12.8 Å². The summed E-state index contributed by atoms with van der Waals surface area (Å²) in [6, 6.07) is 0.532. The van der Waals surface area contributed by atoms with Crippen molar-refractivity contribution in [1.82, 2.24) is 5.32 Å². The second-order valence-electron chi connectivity index (χ2n) is 3.76. The van der Waals surface area contributed by atoms with Crippen molar-refractivity contribution in [3.63, 3.8) is 0 Å². The third-order valence-electron chi connectivity index (χ3n) is 3.00. The van der Waals surface area contributed by atoms with E-state index < -0.39 is 0 Å². The van der Waals surface area contributed by atoms with Crippen LogP contribution in [0.2, 0.25) is 0 Å². The monoisotopic (exact) mass is 153 g/mol. The first-order valence-corrected chi connectivity index (χ1v) is 4.65. The molecule has 0 aromatic rings. The fraction of sp³-hybridized carbons (Fsp3) is 0.889. The Morgan fingerprint density at radius 1 is 1.18 bits per heavy atom. The number of nitrogens with one attached hydrogen (secondary N) is 1. The maximum Gasteiger partial charge on any atom is 0.220 e. The van der Waals surface area contributed by atoms with Gasteiger partial charge in [0.15, 0.2) is 0 Å². The molecule has 0 spiro atoms. The predicted molar refractivity (Wildman–Crippen MR) is 43.1 cm³/mol. The quantitative estimate of drug-likeness (QED) is 0.560. The van der Waals surface area contributed by atoms with Gasteiger partial charge in [-0.2, -0.15) is 0 Å². The summed E-state index contributed by atoms with van der Waals surface area (Å²) in [5, 5.41) is 3.08. The van der Waals surface area contributed by atoms with Crippen LogP contribution < -0.4 is 5.32 Å². The topological polar surface area (TPSA) is 29.1 Å². The second kappa shape index (κ2) is 2.84. The van der Waals surface area contributed by atoms with E-state index in [0.29, 0.717) is 6.04 Å². The van der Waals surface area contributed by atoms with Crippen LogP contribution in [-0.4, -0.2) is 11.9 Å². The minimum Gasteiger partial charge on any atom is -0.353 e. The van der Waals surface area contributed by atoms with Crippen LogP contribution >= 0.6 is 0 Å². The Bertz CT molecular complexity index is 167. The van der Waals surface area contributed by atoms with Crippen LogP contribution in [-0.2, 0) is 4.79 Å². The van der Waals surface area contributed by atoms with Crippen molar-refractivity contribution in [2.45, 2.75) is 44.6 Å². The van der Waals surface area contributed by atoms with E-state index in [9.17, 15) is 4.79 Å². The zero-order chi connectivity index (χ0) is 7.68. The summed E-state index contributed by atoms with van der Waals surface area (Å²) in [5.41, 5.74) is 0. The Kier molecular flexibility index (Phi) is 1.84. The molecule has 0 unspecified atom stereocenters. The van der Waals surface area contributed by atoms with Gasteiger partial charge in [0.05, 0.1) is 0 Å². The molecule has 2 fully saturated rings. The van der Waals surface area contributed by atoms with Crippen molar-refractivity contribution in [3.05, 3.63) is 0 Å².